The van der Waals surface area contributed by atoms with Gasteiger partial charge in [0.05, 0.1) is 12.8 Å². The number of carbonyl (C=O) groups is 1. The molecule has 2 amide bonds. The lowest BCUT2D eigenvalue weighted by Crippen LogP contribution is -2.46. The van der Waals surface area contributed by atoms with Crippen molar-refractivity contribution < 1.29 is 9.53 Å². The number of amides is 2. The molecule has 1 saturated carbocycles. The van der Waals surface area contributed by atoms with Gasteiger partial charge in [-0.05, 0) is 69.1 Å². The van der Waals surface area contributed by atoms with Gasteiger partial charge in [-0.1, -0.05) is 12.1 Å². The Kier molecular flexibility index (Phi) is 7.20. The van der Waals surface area contributed by atoms with Crippen LogP contribution in [0.25, 0.3) is 0 Å². The van der Waals surface area contributed by atoms with Crippen LogP contribution in [0.15, 0.2) is 24.3 Å². The lowest BCUT2D eigenvalue weighted by atomic mass is 9.90. The van der Waals surface area contributed by atoms with Crippen LogP contribution < -0.4 is 20.7 Å². The van der Waals surface area contributed by atoms with E-state index in [9.17, 15) is 4.79 Å². The Hall–Kier alpha value is -3.03. The summed E-state index contributed by atoms with van der Waals surface area (Å²) in [6, 6.07) is 7.87. The van der Waals surface area contributed by atoms with Gasteiger partial charge in [-0.3, -0.25) is 0 Å². The number of hydrogen-bond acceptors (Lipinski definition) is 6. The summed E-state index contributed by atoms with van der Waals surface area (Å²) in [7, 11) is 5.74. The first kappa shape index (κ1) is 23.1. The molecule has 0 radical (unpaired) electrons. The Balaban J connectivity index is 1.38. The number of anilines is 2. The largest absolute Gasteiger partial charge is 0.497 e. The van der Waals surface area contributed by atoms with Crippen LogP contribution in [0.2, 0.25) is 0 Å². The van der Waals surface area contributed by atoms with Crippen LogP contribution in [0, 0.1) is 0 Å². The number of benzene rings is 1. The zero-order chi connectivity index (χ0) is 23.4. The summed E-state index contributed by atoms with van der Waals surface area (Å²) in [6.45, 7) is 0.516. The van der Waals surface area contributed by atoms with E-state index < -0.39 is 0 Å². The average Bonchev–Trinajstić information content (AvgIpc) is 2.83. The zero-order valence-corrected chi connectivity index (χ0v) is 20.0. The van der Waals surface area contributed by atoms with Crippen LogP contribution >= 0.6 is 0 Å². The van der Waals surface area contributed by atoms with Crippen LogP contribution in [-0.2, 0) is 19.4 Å². The van der Waals surface area contributed by atoms with Gasteiger partial charge in [-0.25, -0.2) is 9.78 Å². The molecule has 8 nitrogen and oxygen atoms in total. The number of nitrogens with one attached hydrogen (secondary N) is 1. The van der Waals surface area contributed by atoms with Crippen molar-refractivity contribution in [3.05, 3.63) is 41.1 Å². The van der Waals surface area contributed by atoms with Gasteiger partial charge in [0.1, 0.15) is 11.6 Å². The van der Waals surface area contributed by atoms with Crippen molar-refractivity contribution in [2.45, 2.75) is 70.0 Å². The first-order valence-corrected chi connectivity index (χ1v) is 12.0. The highest BCUT2D eigenvalue weighted by Gasteiger charge is 2.29. The Morgan fingerprint density at radius 3 is 2.42 bits per heavy atom. The van der Waals surface area contributed by atoms with Crippen LogP contribution in [-0.4, -0.2) is 54.2 Å². The standard InChI is InChI=1S/C25H36N6O2/c1-30(2)23-21-6-4-5-7-22(21)28-25(29-23)27-18-10-12-19(13-11-18)31(24(26)32)16-17-8-14-20(33-3)15-9-17/h8-9,14-15,18-19H,4-7,10-13,16H2,1-3H3,(H2,26,32)(H,27,28,29)/t18-,19+. The number of primary amides is 1. The van der Waals surface area contributed by atoms with Crippen LogP contribution in [0.3, 0.4) is 0 Å². The maximum atomic E-state index is 12.2. The molecule has 1 aromatic heterocycles. The van der Waals surface area contributed by atoms with Crippen molar-refractivity contribution in [3.8, 4) is 5.75 Å². The molecule has 178 valence electrons. The van der Waals surface area contributed by atoms with E-state index in [2.05, 4.69) is 10.2 Å². The van der Waals surface area contributed by atoms with Gasteiger partial charge < -0.3 is 25.6 Å². The van der Waals surface area contributed by atoms with Crippen molar-refractivity contribution in [2.24, 2.45) is 5.73 Å². The molecule has 1 fully saturated rings. The highest BCUT2D eigenvalue weighted by molar-refractivity contribution is 5.72. The van der Waals surface area contributed by atoms with E-state index >= 15 is 0 Å². The Morgan fingerprint density at radius 2 is 1.79 bits per heavy atom. The molecule has 0 aliphatic heterocycles. The van der Waals surface area contributed by atoms with Crippen LogP contribution in [0.4, 0.5) is 16.6 Å². The molecule has 33 heavy (non-hydrogen) atoms. The monoisotopic (exact) mass is 452 g/mol. The molecule has 1 aromatic carbocycles. The van der Waals surface area contributed by atoms with E-state index in [1.807, 2.05) is 38.4 Å². The molecule has 0 saturated heterocycles. The molecule has 4 rings (SSSR count). The summed E-state index contributed by atoms with van der Waals surface area (Å²) in [6.07, 6.45) is 8.21. The second-order valence-corrected chi connectivity index (χ2v) is 9.36. The number of methoxy groups -OCH3 is 1. The topological polar surface area (TPSA) is 96.6 Å². The van der Waals surface area contributed by atoms with E-state index in [1.54, 1.807) is 12.0 Å². The minimum Gasteiger partial charge on any atom is -0.497 e. The van der Waals surface area contributed by atoms with Crippen molar-refractivity contribution in [1.82, 2.24) is 14.9 Å². The van der Waals surface area contributed by atoms with Crippen LogP contribution in [0.5, 0.6) is 5.75 Å². The van der Waals surface area contributed by atoms with Crippen molar-refractivity contribution in [1.29, 1.82) is 0 Å². The van der Waals surface area contributed by atoms with E-state index in [4.69, 9.17) is 20.4 Å². The highest BCUT2D eigenvalue weighted by atomic mass is 16.5. The average molecular weight is 453 g/mol. The number of hydrogen-bond donors (Lipinski definition) is 2. The fraction of sp³-hybridized carbons (Fsp3) is 0.560. The Morgan fingerprint density at radius 1 is 1.09 bits per heavy atom. The molecule has 2 aromatic rings. The fourth-order valence-corrected chi connectivity index (χ4v) is 5.04. The first-order valence-electron chi connectivity index (χ1n) is 12.0. The second-order valence-electron chi connectivity index (χ2n) is 9.36. The van der Waals surface area contributed by atoms with Crippen molar-refractivity contribution in [3.63, 3.8) is 0 Å². The van der Waals surface area contributed by atoms with Gasteiger partial charge in [0.25, 0.3) is 0 Å². The van der Waals surface area contributed by atoms with Gasteiger partial charge in [0, 0.05) is 38.3 Å². The lowest BCUT2D eigenvalue weighted by molar-refractivity contribution is 0.156. The van der Waals surface area contributed by atoms with Gasteiger partial charge in [0.2, 0.25) is 5.95 Å². The third kappa shape index (κ3) is 5.49. The molecule has 0 unspecified atom stereocenters. The number of aromatic nitrogens is 2. The highest BCUT2D eigenvalue weighted by Crippen LogP contribution is 2.30. The lowest BCUT2D eigenvalue weighted by Gasteiger charge is -2.36. The molecule has 2 aliphatic rings. The summed E-state index contributed by atoms with van der Waals surface area (Å²) >= 11 is 0. The SMILES string of the molecule is COc1ccc(CN(C(N)=O)[C@H]2CC[C@@H](Nc3nc4c(c(N(C)C)n3)CCCC4)CC2)cc1. The van der Waals surface area contributed by atoms with Gasteiger partial charge in [-0.2, -0.15) is 4.98 Å². The first-order chi connectivity index (χ1) is 15.9. The minimum atomic E-state index is -0.365. The quantitative estimate of drug-likeness (QED) is 0.664. The molecule has 1 heterocycles. The fourth-order valence-electron chi connectivity index (χ4n) is 5.04. The predicted molar refractivity (Wildman–Crippen MR) is 131 cm³/mol. The second kappa shape index (κ2) is 10.3. The minimum absolute atomic E-state index is 0.143. The van der Waals surface area contributed by atoms with Gasteiger partial charge in [0.15, 0.2) is 0 Å². The number of aryl methyl sites for hydroxylation is 1. The third-order valence-electron chi connectivity index (χ3n) is 6.85. The number of fused-ring (bicyclic) bond motifs is 1. The predicted octanol–water partition coefficient (Wildman–Crippen LogP) is 3.73. The molecule has 8 heteroatoms. The molecule has 3 N–H and O–H groups in total. The van der Waals surface area contributed by atoms with Crippen molar-refractivity contribution >= 4 is 17.8 Å². The van der Waals surface area contributed by atoms with E-state index in [0.717, 1.165) is 61.6 Å². The smallest absolute Gasteiger partial charge is 0.315 e. The number of ether oxygens (including phenoxy) is 1. The number of urea groups is 1. The molecule has 2 aliphatic carbocycles. The zero-order valence-electron chi connectivity index (χ0n) is 20.0. The van der Waals surface area contributed by atoms with E-state index in [1.165, 1.54) is 24.1 Å². The Bertz CT molecular complexity index is 954. The maximum absolute atomic E-state index is 12.2. The molecule has 0 spiro atoms. The maximum Gasteiger partial charge on any atom is 0.315 e. The summed E-state index contributed by atoms with van der Waals surface area (Å²) in [5.74, 6) is 2.57. The number of nitrogens with two attached hydrogens (primary N) is 1. The third-order valence-corrected chi connectivity index (χ3v) is 6.85. The molecular weight excluding hydrogens is 416 g/mol. The Labute approximate surface area is 196 Å². The number of rotatable bonds is 7. The van der Waals surface area contributed by atoms with Crippen LogP contribution in [0.1, 0.15) is 55.3 Å². The number of nitrogens with zero attached hydrogens (tertiary/aromatic N) is 4. The van der Waals surface area contributed by atoms with Crippen molar-refractivity contribution in [2.75, 3.05) is 31.4 Å². The molecule has 0 atom stereocenters. The summed E-state index contributed by atoms with van der Waals surface area (Å²) < 4.78 is 5.22. The molecular formula is C25H36N6O2. The number of carbonyl (C=O) groups excluding carboxylic acids is 1. The summed E-state index contributed by atoms with van der Waals surface area (Å²) in [4.78, 5) is 25.8. The summed E-state index contributed by atoms with van der Waals surface area (Å²) in [5.41, 5.74) is 9.30. The van der Waals surface area contributed by atoms with Gasteiger partial charge >= 0.3 is 6.03 Å². The molecule has 0 bridgehead atoms. The van der Waals surface area contributed by atoms with Gasteiger partial charge in [-0.15, -0.1) is 0 Å². The van der Waals surface area contributed by atoms with E-state index in [0.29, 0.717) is 12.6 Å². The normalized spacial score (nSPS) is 20.0. The summed E-state index contributed by atoms with van der Waals surface area (Å²) in [5, 5.41) is 3.58. The van der Waals surface area contributed by atoms with E-state index in [-0.39, 0.29) is 12.1 Å².